The maximum Gasteiger partial charge on any atom is 0.254 e. The van der Waals surface area contributed by atoms with Crippen molar-refractivity contribution in [2.75, 3.05) is 20.1 Å². The van der Waals surface area contributed by atoms with Crippen molar-refractivity contribution in [1.82, 2.24) is 10.6 Å². The van der Waals surface area contributed by atoms with E-state index in [0.717, 1.165) is 6.07 Å². The van der Waals surface area contributed by atoms with E-state index in [1.807, 2.05) is 0 Å². The Morgan fingerprint density at radius 3 is 2.41 bits per heavy atom. The lowest BCUT2D eigenvalue weighted by molar-refractivity contribution is 0.0949. The highest BCUT2D eigenvalue weighted by Gasteiger charge is 2.18. The molecule has 1 aromatic carbocycles. The number of halogens is 4. The number of rotatable bonds is 4. The van der Waals surface area contributed by atoms with Crippen molar-refractivity contribution in [3.63, 3.8) is 0 Å². The summed E-state index contributed by atoms with van der Waals surface area (Å²) in [6.07, 6.45) is 0. The molecule has 0 aromatic heterocycles. The Balaban J connectivity index is 0.00000256. The summed E-state index contributed by atoms with van der Waals surface area (Å²) in [5.74, 6) is -5.20. The number of hydrogen-bond donors (Lipinski definition) is 2. The monoisotopic (exact) mass is 268 g/mol. The van der Waals surface area contributed by atoms with Gasteiger partial charge in [0.15, 0.2) is 17.5 Å². The van der Waals surface area contributed by atoms with Crippen LogP contribution in [0.1, 0.15) is 10.4 Å². The van der Waals surface area contributed by atoms with Crippen LogP contribution in [0.25, 0.3) is 0 Å². The first-order valence-electron chi connectivity index (χ1n) is 4.64. The average Bonchev–Trinajstić information content (AvgIpc) is 2.26. The van der Waals surface area contributed by atoms with Crippen LogP contribution in [0.2, 0.25) is 0 Å². The zero-order valence-electron chi connectivity index (χ0n) is 9.02. The van der Waals surface area contributed by atoms with Gasteiger partial charge in [-0.3, -0.25) is 4.79 Å². The minimum absolute atomic E-state index is 0. The number of carbonyl (C=O) groups excluding carboxylic acids is 1. The molecule has 3 nitrogen and oxygen atoms in total. The van der Waals surface area contributed by atoms with E-state index in [0.29, 0.717) is 12.6 Å². The van der Waals surface area contributed by atoms with Gasteiger partial charge >= 0.3 is 0 Å². The second-order valence-electron chi connectivity index (χ2n) is 3.08. The Morgan fingerprint density at radius 2 is 1.82 bits per heavy atom. The molecule has 0 bridgehead atoms. The predicted octanol–water partition coefficient (Wildman–Crippen LogP) is 1.47. The zero-order valence-corrected chi connectivity index (χ0v) is 9.84. The molecule has 0 aliphatic carbocycles. The second kappa shape index (κ2) is 7.13. The molecule has 0 aliphatic rings. The van der Waals surface area contributed by atoms with E-state index >= 15 is 0 Å². The average molecular weight is 269 g/mol. The Morgan fingerprint density at radius 1 is 1.18 bits per heavy atom. The van der Waals surface area contributed by atoms with Crippen molar-refractivity contribution < 1.29 is 18.0 Å². The quantitative estimate of drug-likeness (QED) is 0.641. The Bertz CT molecular complexity index is 401. The van der Waals surface area contributed by atoms with E-state index in [1.54, 1.807) is 7.05 Å². The van der Waals surface area contributed by atoms with Gasteiger partial charge in [0, 0.05) is 13.1 Å². The van der Waals surface area contributed by atoms with Crippen molar-refractivity contribution in [2.24, 2.45) is 0 Å². The molecule has 1 rings (SSSR count). The fourth-order valence-electron chi connectivity index (χ4n) is 1.10. The minimum atomic E-state index is -1.64. The maximum atomic E-state index is 13.1. The maximum absolute atomic E-state index is 13.1. The Labute approximate surface area is 103 Å². The fourth-order valence-corrected chi connectivity index (χ4v) is 1.10. The van der Waals surface area contributed by atoms with Crippen molar-refractivity contribution >= 4 is 18.3 Å². The van der Waals surface area contributed by atoms with Gasteiger partial charge in [0.05, 0.1) is 5.56 Å². The van der Waals surface area contributed by atoms with Crippen LogP contribution in [0.3, 0.4) is 0 Å². The lowest BCUT2D eigenvalue weighted by atomic mass is 10.2. The van der Waals surface area contributed by atoms with E-state index < -0.39 is 28.9 Å². The lowest BCUT2D eigenvalue weighted by Crippen LogP contribution is -2.31. The van der Waals surface area contributed by atoms with Crippen LogP contribution in [0.5, 0.6) is 0 Å². The number of amides is 1. The zero-order chi connectivity index (χ0) is 12.1. The molecule has 7 heteroatoms. The fraction of sp³-hybridized carbons (Fsp3) is 0.300. The molecule has 0 heterocycles. The van der Waals surface area contributed by atoms with Crippen molar-refractivity contribution in [3.05, 3.63) is 35.1 Å². The van der Waals surface area contributed by atoms with Crippen LogP contribution in [-0.4, -0.2) is 26.0 Å². The molecule has 0 radical (unpaired) electrons. The van der Waals surface area contributed by atoms with Gasteiger partial charge in [0.1, 0.15) is 0 Å². The van der Waals surface area contributed by atoms with Crippen LogP contribution < -0.4 is 10.6 Å². The number of carbonyl (C=O) groups is 1. The van der Waals surface area contributed by atoms with Gasteiger partial charge in [0.2, 0.25) is 0 Å². The number of hydrogen-bond acceptors (Lipinski definition) is 2. The molecular formula is C10H12ClF3N2O. The number of likely N-dealkylation sites (N-methyl/N-ethyl adjacent to an activating group) is 1. The lowest BCUT2D eigenvalue weighted by Gasteiger charge is -2.06. The van der Waals surface area contributed by atoms with Crippen LogP contribution in [-0.2, 0) is 0 Å². The van der Waals surface area contributed by atoms with Crippen LogP contribution in [0.15, 0.2) is 12.1 Å². The highest BCUT2D eigenvalue weighted by molar-refractivity contribution is 5.94. The minimum Gasteiger partial charge on any atom is -0.351 e. The molecular weight excluding hydrogens is 257 g/mol. The molecule has 96 valence electrons. The van der Waals surface area contributed by atoms with Crippen molar-refractivity contribution in [3.8, 4) is 0 Å². The SMILES string of the molecule is CNCCNC(=O)c1ccc(F)c(F)c1F.Cl. The summed E-state index contributed by atoms with van der Waals surface area (Å²) in [6, 6.07) is 1.62. The summed E-state index contributed by atoms with van der Waals surface area (Å²) in [5.41, 5.74) is -0.505. The molecule has 1 amide bonds. The van der Waals surface area contributed by atoms with Gasteiger partial charge in [-0.25, -0.2) is 13.2 Å². The van der Waals surface area contributed by atoms with Crippen LogP contribution in [0.4, 0.5) is 13.2 Å². The molecule has 0 saturated carbocycles. The van der Waals surface area contributed by atoms with Crippen LogP contribution in [0, 0.1) is 17.5 Å². The predicted molar refractivity (Wildman–Crippen MR) is 59.8 cm³/mol. The molecule has 0 spiro atoms. The first-order valence-corrected chi connectivity index (χ1v) is 4.64. The highest BCUT2D eigenvalue weighted by atomic mass is 35.5. The van der Waals surface area contributed by atoms with Crippen LogP contribution >= 0.6 is 12.4 Å². The van der Waals surface area contributed by atoms with Gasteiger partial charge in [0.25, 0.3) is 5.91 Å². The standard InChI is InChI=1S/C10H11F3N2O.ClH/c1-14-4-5-15-10(16)6-2-3-7(11)9(13)8(6)12;/h2-3,14H,4-5H2,1H3,(H,15,16);1H. The molecule has 2 N–H and O–H groups in total. The smallest absolute Gasteiger partial charge is 0.254 e. The second-order valence-corrected chi connectivity index (χ2v) is 3.08. The van der Waals surface area contributed by atoms with E-state index in [4.69, 9.17) is 0 Å². The van der Waals surface area contributed by atoms with Gasteiger partial charge in [-0.1, -0.05) is 0 Å². The first-order chi connectivity index (χ1) is 7.57. The molecule has 0 aliphatic heterocycles. The highest BCUT2D eigenvalue weighted by Crippen LogP contribution is 2.14. The van der Waals surface area contributed by atoms with Crippen molar-refractivity contribution in [2.45, 2.75) is 0 Å². The third-order valence-electron chi connectivity index (χ3n) is 1.94. The normalized spacial score (nSPS) is 9.65. The Hall–Kier alpha value is -1.27. The topological polar surface area (TPSA) is 41.1 Å². The molecule has 1 aromatic rings. The molecule has 17 heavy (non-hydrogen) atoms. The summed E-state index contributed by atoms with van der Waals surface area (Å²) in [4.78, 5) is 11.3. The summed E-state index contributed by atoms with van der Waals surface area (Å²) in [6.45, 7) is 0.769. The van der Waals surface area contributed by atoms with E-state index in [2.05, 4.69) is 10.6 Å². The van der Waals surface area contributed by atoms with Gasteiger partial charge in [-0.15, -0.1) is 12.4 Å². The molecule has 0 atom stereocenters. The summed E-state index contributed by atoms with van der Waals surface area (Å²) >= 11 is 0. The third-order valence-corrected chi connectivity index (χ3v) is 1.94. The Kier molecular flexibility index (Phi) is 6.60. The van der Waals surface area contributed by atoms with Gasteiger partial charge in [-0.2, -0.15) is 0 Å². The van der Waals surface area contributed by atoms with Gasteiger partial charge in [-0.05, 0) is 19.2 Å². The molecule has 0 unspecified atom stereocenters. The largest absolute Gasteiger partial charge is 0.351 e. The van der Waals surface area contributed by atoms with Crippen molar-refractivity contribution in [1.29, 1.82) is 0 Å². The van der Waals surface area contributed by atoms with E-state index in [-0.39, 0.29) is 19.0 Å². The number of nitrogens with one attached hydrogen (secondary N) is 2. The molecule has 0 fully saturated rings. The summed E-state index contributed by atoms with van der Waals surface area (Å²) in [5, 5.41) is 5.12. The summed E-state index contributed by atoms with van der Waals surface area (Å²) in [7, 11) is 1.68. The molecule has 0 saturated heterocycles. The first kappa shape index (κ1) is 15.7. The van der Waals surface area contributed by atoms with E-state index in [9.17, 15) is 18.0 Å². The summed E-state index contributed by atoms with van der Waals surface area (Å²) < 4.78 is 38.5. The third kappa shape index (κ3) is 3.90. The van der Waals surface area contributed by atoms with Gasteiger partial charge < -0.3 is 10.6 Å². The number of benzene rings is 1. The van der Waals surface area contributed by atoms with E-state index in [1.165, 1.54) is 0 Å².